The molecule has 1 aromatic rings. The molecule has 3 N–H and O–H groups in total. The first-order valence-electron chi connectivity index (χ1n) is 5.79. The molecule has 6 heteroatoms. The summed E-state index contributed by atoms with van der Waals surface area (Å²) in [4.78, 5) is 21.9. The first-order valence-corrected chi connectivity index (χ1v) is 5.79. The van der Waals surface area contributed by atoms with E-state index in [1.807, 2.05) is 11.8 Å². The number of hydrogen-bond acceptors (Lipinski definition) is 5. The predicted octanol–water partition coefficient (Wildman–Crippen LogP) is 0.482. The number of carbonyl (C=O) groups excluding carboxylic acids is 1. The summed E-state index contributed by atoms with van der Waals surface area (Å²) in [5.74, 6) is 0.979. The van der Waals surface area contributed by atoms with Crippen molar-refractivity contribution in [2.24, 2.45) is 0 Å². The molecule has 2 heterocycles. The second kappa shape index (κ2) is 4.99. The van der Waals surface area contributed by atoms with E-state index in [9.17, 15) is 4.79 Å². The molecule has 0 saturated carbocycles. The van der Waals surface area contributed by atoms with Crippen molar-refractivity contribution in [3.8, 4) is 0 Å². The van der Waals surface area contributed by atoms with Crippen LogP contribution in [0, 0.1) is 0 Å². The van der Waals surface area contributed by atoms with Gasteiger partial charge in [0.25, 0.3) is 0 Å². The molecule has 0 bridgehead atoms. The van der Waals surface area contributed by atoms with Crippen LogP contribution in [0.1, 0.15) is 19.8 Å². The Bertz CT molecular complexity index is 403. The fourth-order valence-electron chi connectivity index (χ4n) is 1.95. The fraction of sp³-hybridized carbons (Fsp3) is 0.545. The molecule has 0 aromatic carbocycles. The van der Waals surface area contributed by atoms with E-state index in [2.05, 4.69) is 15.3 Å². The number of nitrogens with zero attached hydrogens (tertiary/aromatic N) is 3. The molecule has 0 spiro atoms. The van der Waals surface area contributed by atoms with Crippen LogP contribution in [0.25, 0.3) is 0 Å². The van der Waals surface area contributed by atoms with Crippen LogP contribution in [-0.2, 0) is 4.79 Å². The number of amides is 1. The Hall–Kier alpha value is -1.85. The van der Waals surface area contributed by atoms with E-state index < -0.39 is 0 Å². The zero-order valence-corrected chi connectivity index (χ0v) is 9.89. The molecule has 1 aliphatic heterocycles. The zero-order chi connectivity index (χ0) is 12.3. The van der Waals surface area contributed by atoms with Gasteiger partial charge in [0.1, 0.15) is 17.7 Å². The van der Waals surface area contributed by atoms with Gasteiger partial charge >= 0.3 is 0 Å². The summed E-state index contributed by atoms with van der Waals surface area (Å²) >= 11 is 0. The SMILES string of the molecule is CC(Nc1cncc(N)n1)C(=O)N1CCCC1. The molecule has 0 aliphatic carbocycles. The maximum absolute atomic E-state index is 12.0. The lowest BCUT2D eigenvalue weighted by atomic mass is 10.3. The van der Waals surface area contributed by atoms with E-state index >= 15 is 0 Å². The summed E-state index contributed by atoms with van der Waals surface area (Å²) in [6.45, 7) is 3.53. The van der Waals surface area contributed by atoms with Crippen molar-refractivity contribution >= 4 is 17.5 Å². The van der Waals surface area contributed by atoms with Gasteiger partial charge in [0.15, 0.2) is 0 Å². The molecule has 1 unspecified atom stereocenters. The number of aromatic nitrogens is 2. The summed E-state index contributed by atoms with van der Waals surface area (Å²) in [6, 6.07) is -0.302. The summed E-state index contributed by atoms with van der Waals surface area (Å²) in [7, 11) is 0. The lowest BCUT2D eigenvalue weighted by Gasteiger charge is -2.21. The van der Waals surface area contributed by atoms with Gasteiger partial charge in [-0.3, -0.25) is 9.78 Å². The average Bonchev–Trinajstić information content (AvgIpc) is 2.81. The lowest BCUT2D eigenvalue weighted by molar-refractivity contribution is -0.130. The maximum atomic E-state index is 12.0. The third-order valence-corrected chi connectivity index (χ3v) is 2.81. The maximum Gasteiger partial charge on any atom is 0.244 e. The highest BCUT2D eigenvalue weighted by molar-refractivity contribution is 5.84. The van der Waals surface area contributed by atoms with Crippen LogP contribution in [0.15, 0.2) is 12.4 Å². The molecule has 1 aliphatic rings. The minimum Gasteiger partial charge on any atom is -0.382 e. The smallest absolute Gasteiger partial charge is 0.244 e. The minimum atomic E-state index is -0.302. The summed E-state index contributed by atoms with van der Waals surface area (Å²) in [5, 5.41) is 3.01. The molecule has 92 valence electrons. The Morgan fingerprint density at radius 1 is 1.47 bits per heavy atom. The van der Waals surface area contributed by atoms with Gasteiger partial charge in [0, 0.05) is 13.1 Å². The van der Waals surface area contributed by atoms with E-state index in [0.29, 0.717) is 11.6 Å². The van der Waals surface area contributed by atoms with Crippen LogP contribution in [0.2, 0.25) is 0 Å². The highest BCUT2D eigenvalue weighted by atomic mass is 16.2. The van der Waals surface area contributed by atoms with E-state index in [1.54, 1.807) is 6.20 Å². The van der Waals surface area contributed by atoms with Gasteiger partial charge in [-0.2, -0.15) is 0 Å². The Morgan fingerprint density at radius 3 is 2.82 bits per heavy atom. The molecule has 1 fully saturated rings. The third-order valence-electron chi connectivity index (χ3n) is 2.81. The number of rotatable bonds is 3. The van der Waals surface area contributed by atoms with Crippen molar-refractivity contribution in [1.82, 2.24) is 14.9 Å². The number of nitrogen functional groups attached to an aromatic ring is 1. The lowest BCUT2D eigenvalue weighted by Crippen LogP contribution is -2.39. The summed E-state index contributed by atoms with van der Waals surface area (Å²) < 4.78 is 0. The average molecular weight is 235 g/mol. The third kappa shape index (κ3) is 2.83. The zero-order valence-electron chi connectivity index (χ0n) is 9.89. The van der Waals surface area contributed by atoms with Crippen LogP contribution in [0.3, 0.4) is 0 Å². The molecular weight excluding hydrogens is 218 g/mol. The van der Waals surface area contributed by atoms with Gasteiger partial charge in [0.2, 0.25) is 5.91 Å². The van der Waals surface area contributed by atoms with Gasteiger partial charge in [-0.15, -0.1) is 0 Å². The highest BCUT2D eigenvalue weighted by Crippen LogP contribution is 2.11. The van der Waals surface area contributed by atoms with Crippen molar-refractivity contribution in [2.75, 3.05) is 24.1 Å². The fourth-order valence-corrected chi connectivity index (χ4v) is 1.95. The molecule has 1 aromatic heterocycles. The van der Waals surface area contributed by atoms with Gasteiger partial charge in [0.05, 0.1) is 12.4 Å². The minimum absolute atomic E-state index is 0.103. The van der Waals surface area contributed by atoms with Crippen molar-refractivity contribution in [2.45, 2.75) is 25.8 Å². The quantitative estimate of drug-likeness (QED) is 0.796. The monoisotopic (exact) mass is 235 g/mol. The molecule has 17 heavy (non-hydrogen) atoms. The number of carbonyl (C=O) groups is 1. The summed E-state index contributed by atoms with van der Waals surface area (Å²) in [5.41, 5.74) is 5.52. The van der Waals surface area contributed by atoms with E-state index in [-0.39, 0.29) is 11.9 Å². The van der Waals surface area contributed by atoms with E-state index in [1.165, 1.54) is 6.20 Å². The van der Waals surface area contributed by atoms with Crippen LogP contribution in [0.5, 0.6) is 0 Å². The first-order chi connectivity index (χ1) is 8.16. The Labute approximate surface area is 100 Å². The number of nitrogens with two attached hydrogens (primary N) is 1. The number of nitrogens with one attached hydrogen (secondary N) is 1. The van der Waals surface area contributed by atoms with Gasteiger partial charge in [-0.1, -0.05) is 0 Å². The van der Waals surface area contributed by atoms with Gasteiger partial charge in [-0.25, -0.2) is 4.98 Å². The molecule has 6 nitrogen and oxygen atoms in total. The molecule has 1 saturated heterocycles. The predicted molar refractivity (Wildman–Crippen MR) is 65.3 cm³/mol. The molecule has 0 radical (unpaired) electrons. The van der Waals surface area contributed by atoms with Crippen LogP contribution >= 0.6 is 0 Å². The van der Waals surface area contributed by atoms with Crippen molar-refractivity contribution in [3.63, 3.8) is 0 Å². The van der Waals surface area contributed by atoms with Gasteiger partial charge in [-0.05, 0) is 19.8 Å². The first kappa shape index (κ1) is 11.6. The Kier molecular flexibility index (Phi) is 3.41. The number of likely N-dealkylation sites (tertiary alicyclic amines) is 1. The number of anilines is 2. The Balaban J connectivity index is 1.96. The van der Waals surface area contributed by atoms with Crippen LogP contribution < -0.4 is 11.1 Å². The topological polar surface area (TPSA) is 84.1 Å². The normalized spacial score (nSPS) is 16.9. The highest BCUT2D eigenvalue weighted by Gasteiger charge is 2.23. The number of hydrogen-bond donors (Lipinski definition) is 2. The van der Waals surface area contributed by atoms with Crippen LogP contribution in [-0.4, -0.2) is 39.9 Å². The summed E-state index contributed by atoms with van der Waals surface area (Å²) in [6.07, 6.45) is 5.22. The standard InChI is InChI=1S/C11H17N5O/c1-8(11(17)16-4-2-3-5-16)14-10-7-13-6-9(12)15-10/h6-8H,2-5H2,1H3,(H3,12,14,15). The Morgan fingerprint density at radius 2 is 2.18 bits per heavy atom. The van der Waals surface area contributed by atoms with Crippen molar-refractivity contribution in [1.29, 1.82) is 0 Å². The largest absolute Gasteiger partial charge is 0.382 e. The van der Waals surface area contributed by atoms with Gasteiger partial charge < -0.3 is 16.0 Å². The second-order valence-electron chi connectivity index (χ2n) is 4.23. The molecule has 1 atom stereocenters. The molecular formula is C11H17N5O. The van der Waals surface area contributed by atoms with E-state index in [0.717, 1.165) is 25.9 Å². The molecule has 1 amide bonds. The second-order valence-corrected chi connectivity index (χ2v) is 4.23. The van der Waals surface area contributed by atoms with Crippen LogP contribution in [0.4, 0.5) is 11.6 Å². The van der Waals surface area contributed by atoms with Crippen molar-refractivity contribution < 1.29 is 4.79 Å². The van der Waals surface area contributed by atoms with E-state index in [4.69, 9.17) is 5.73 Å². The molecule has 2 rings (SSSR count). The van der Waals surface area contributed by atoms with Crippen molar-refractivity contribution in [3.05, 3.63) is 12.4 Å².